The Balaban J connectivity index is 2.13. The number of hydrogen-bond donors (Lipinski definition) is 1. The standard InChI is InChI=1S/C14H13F3N2O2/c15-14(16,17)12(6-18)8-19-4-3-9-1-2-10(13(20)21)5-11(9)7-19/h1-2,5,12H,3-4,7-8H2,(H,20,21). The van der Waals surface area contributed by atoms with Gasteiger partial charge in [0, 0.05) is 19.6 Å². The highest BCUT2D eigenvalue weighted by molar-refractivity contribution is 5.87. The van der Waals surface area contributed by atoms with Gasteiger partial charge in [-0.25, -0.2) is 4.79 Å². The molecule has 1 aromatic rings. The molecule has 0 saturated heterocycles. The summed E-state index contributed by atoms with van der Waals surface area (Å²) in [6.07, 6.45) is -4.00. The van der Waals surface area contributed by atoms with Crippen LogP contribution in [0.15, 0.2) is 18.2 Å². The molecule has 0 amide bonds. The van der Waals surface area contributed by atoms with Gasteiger partial charge in [-0.3, -0.25) is 4.90 Å². The zero-order valence-electron chi connectivity index (χ0n) is 11.0. The van der Waals surface area contributed by atoms with Crippen LogP contribution in [0, 0.1) is 17.2 Å². The van der Waals surface area contributed by atoms with Gasteiger partial charge in [-0.15, -0.1) is 0 Å². The van der Waals surface area contributed by atoms with E-state index in [-0.39, 0.29) is 12.1 Å². The monoisotopic (exact) mass is 298 g/mol. The van der Waals surface area contributed by atoms with Crippen LogP contribution >= 0.6 is 0 Å². The molecule has 1 N–H and O–H groups in total. The molecule has 0 bridgehead atoms. The third-order valence-corrected chi connectivity index (χ3v) is 3.54. The van der Waals surface area contributed by atoms with Crippen molar-refractivity contribution in [3.8, 4) is 6.07 Å². The number of rotatable bonds is 3. The van der Waals surface area contributed by atoms with Crippen LogP contribution in [0.25, 0.3) is 0 Å². The van der Waals surface area contributed by atoms with E-state index in [1.165, 1.54) is 23.1 Å². The molecular weight excluding hydrogens is 285 g/mol. The lowest BCUT2D eigenvalue weighted by Gasteiger charge is -2.30. The Kier molecular flexibility index (Phi) is 4.19. The van der Waals surface area contributed by atoms with Crippen molar-refractivity contribution in [3.05, 3.63) is 34.9 Å². The van der Waals surface area contributed by atoms with Crippen LogP contribution in [0.5, 0.6) is 0 Å². The fourth-order valence-corrected chi connectivity index (χ4v) is 2.38. The number of alkyl halides is 3. The minimum atomic E-state index is -4.54. The molecule has 0 aromatic heterocycles. The number of fused-ring (bicyclic) bond motifs is 1. The predicted molar refractivity (Wildman–Crippen MR) is 67.5 cm³/mol. The Labute approximate surface area is 119 Å². The average Bonchev–Trinajstić information content (AvgIpc) is 2.42. The van der Waals surface area contributed by atoms with Crippen LogP contribution in [0.3, 0.4) is 0 Å². The fourth-order valence-electron chi connectivity index (χ4n) is 2.38. The van der Waals surface area contributed by atoms with Gasteiger partial charge in [0.2, 0.25) is 0 Å². The minimum absolute atomic E-state index is 0.114. The number of nitriles is 1. The SMILES string of the molecule is N#CC(CN1CCc2ccc(C(=O)O)cc2C1)C(F)(F)F. The molecule has 1 aromatic carbocycles. The van der Waals surface area contributed by atoms with Gasteiger partial charge in [-0.2, -0.15) is 18.4 Å². The van der Waals surface area contributed by atoms with E-state index in [2.05, 4.69) is 0 Å². The van der Waals surface area contributed by atoms with E-state index in [1.54, 1.807) is 6.07 Å². The first kappa shape index (κ1) is 15.3. The molecular formula is C14H13F3N2O2. The summed E-state index contributed by atoms with van der Waals surface area (Å²) in [7, 11) is 0. The summed E-state index contributed by atoms with van der Waals surface area (Å²) in [6.45, 7) is 0.259. The molecule has 1 aliphatic heterocycles. The second-order valence-corrected chi connectivity index (χ2v) is 5.00. The van der Waals surface area contributed by atoms with Crippen molar-refractivity contribution >= 4 is 5.97 Å². The summed E-state index contributed by atoms with van der Waals surface area (Å²) in [4.78, 5) is 12.5. The normalized spacial score (nSPS) is 16.9. The lowest BCUT2D eigenvalue weighted by molar-refractivity contribution is -0.163. The van der Waals surface area contributed by atoms with E-state index in [4.69, 9.17) is 10.4 Å². The summed E-state index contributed by atoms with van der Waals surface area (Å²) >= 11 is 0. The maximum absolute atomic E-state index is 12.6. The van der Waals surface area contributed by atoms with Crippen LogP contribution in [0.4, 0.5) is 13.2 Å². The van der Waals surface area contributed by atoms with Crippen LogP contribution in [0.2, 0.25) is 0 Å². The highest BCUT2D eigenvalue weighted by atomic mass is 19.4. The minimum Gasteiger partial charge on any atom is -0.478 e. The number of carboxylic acids is 1. The van der Waals surface area contributed by atoms with Gasteiger partial charge in [0.15, 0.2) is 5.92 Å². The Hall–Kier alpha value is -2.07. The highest BCUT2D eigenvalue weighted by Crippen LogP contribution is 2.28. The van der Waals surface area contributed by atoms with E-state index in [0.29, 0.717) is 18.5 Å². The van der Waals surface area contributed by atoms with Crippen LogP contribution in [-0.4, -0.2) is 35.2 Å². The number of hydrogen-bond acceptors (Lipinski definition) is 3. The maximum atomic E-state index is 12.6. The van der Waals surface area contributed by atoms with Crippen molar-refractivity contribution in [3.63, 3.8) is 0 Å². The Bertz CT molecular complexity index is 593. The van der Waals surface area contributed by atoms with Gasteiger partial charge < -0.3 is 5.11 Å². The van der Waals surface area contributed by atoms with Crippen molar-refractivity contribution in [2.24, 2.45) is 5.92 Å². The highest BCUT2D eigenvalue weighted by Gasteiger charge is 2.41. The van der Waals surface area contributed by atoms with E-state index in [1.807, 2.05) is 0 Å². The molecule has 1 heterocycles. The van der Waals surface area contributed by atoms with Gasteiger partial charge in [-0.1, -0.05) is 6.07 Å². The average molecular weight is 298 g/mol. The number of nitrogens with zero attached hydrogens (tertiary/aromatic N) is 2. The fraction of sp³-hybridized carbons (Fsp3) is 0.429. The molecule has 0 spiro atoms. The molecule has 1 unspecified atom stereocenters. The first-order valence-electron chi connectivity index (χ1n) is 6.35. The summed E-state index contributed by atoms with van der Waals surface area (Å²) in [5, 5.41) is 17.6. The second kappa shape index (κ2) is 5.74. The van der Waals surface area contributed by atoms with Crippen LogP contribution in [-0.2, 0) is 13.0 Å². The van der Waals surface area contributed by atoms with E-state index in [9.17, 15) is 18.0 Å². The zero-order chi connectivity index (χ0) is 15.6. The van der Waals surface area contributed by atoms with Crippen LogP contribution in [0.1, 0.15) is 21.5 Å². The van der Waals surface area contributed by atoms with Crippen molar-refractivity contribution in [1.29, 1.82) is 5.26 Å². The summed E-state index contributed by atoms with van der Waals surface area (Å²) in [6, 6.07) is 5.95. The first-order valence-corrected chi connectivity index (χ1v) is 6.35. The largest absolute Gasteiger partial charge is 0.478 e. The Morgan fingerprint density at radius 1 is 1.43 bits per heavy atom. The molecule has 1 atom stereocenters. The molecule has 21 heavy (non-hydrogen) atoms. The molecule has 0 aliphatic carbocycles. The molecule has 0 radical (unpaired) electrons. The van der Waals surface area contributed by atoms with Gasteiger partial charge in [0.1, 0.15) is 0 Å². The van der Waals surface area contributed by atoms with Crippen molar-refractivity contribution in [2.75, 3.05) is 13.1 Å². The first-order chi connectivity index (χ1) is 9.81. The molecule has 0 fully saturated rings. The van der Waals surface area contributed by atoms with E-state index < -0.39 is 24.6 Å². The molecule has 0 saturated carbocycles. The lowest BCUT2D eigenvalue weighted by Crippen LogP contribution is -2.39. The molecule has 2 rings (SSSR count). The maximum Gasteiger partial charge on any atom is 0.405 e. The van der Waals surface area contributed by atoms with Gasteiger partial charge >= 0.3 is 12.1 Å². The van der Waals surface area contributed by atoms with Gasteiger partial charge in [-0.05, 0) is 29.7 Å². The quantitative estimate of drug-likeness (QED) is 0.931. The third kappa shape index (κ3) is 3.52. The number of benzene rings is 1. The summed E-state index contributed by atoms with van der Waals surface area (Å²) in [5.74, 6) is -3.10. The number of carbonyl (C=O) groups is 1. The van der Waals surface area contributed by atoms with Crippen LogP contribution < -0.4 is 0 Å². The van der Waals surface area contributed by atoms with Crippen molar-refractivity contribution in [1.82, 2.24) is 4.90 Å². The summed E-state index contributed by atoms with van der Waals surface area (Å²) in [5.41, 5.74) is 1.76. The number of aromatic carboxylic acids is 1. The molecule has 1 aliphatic rings. The van der Waals surface area contributed by atoms with Crippen molar-refractivity contribution < 1.29 is 23.1 Å². The topological polar surface area (TPSA) is 64.3 Å². The molecule has 4 nitrogen and oxygen atoms in total. The second-order valence-electron chi connectivity index (χ2n) is 5.00. The molecule has 112 valence electrons. The molecule has 7 heteroatoms. The van der Waals surface area contributed by atoms with Gasteiger partial charge in [0.25, 0.3) is 0 Å². The third-order valence-electron chi connectivity index (χ3n) is 3.54. The van der Waals surface area contributed by atoms with Gasteiger partial charge in [0.05, 0.1) is 11.6 Å². The van der Waals surface area contributed by atoms with E-state index >= 15 is 0 Å². The lowest BCUT2D eigenvalue weighted by atomic mass is 9.96. The predicted octanol–water partition coefficient (Wildman–Crippen LogP) is 2.44. The smallest absolute Gasteiger partial charge is 0.405 e. The number of carboxylic acid groups (broad SMARTS) is 1. The Morgan fingerprint density at radius 3 is 2.71 bits per heavy atom. The number of halogens is 3. The zero-order valence-corrected chi connectivity index (χ0v) is 11.0. The Morgan fingerprint density at radius 2 is 2.14 bits per heavy atom. The summed E-state index contributed by atoms with van der Waals surface area (Å²) < 4.78 is 37.8. The van der Waals surface area contributed by atoms with E-state index in [0.717, 1.165) is 5.56 Å². The van der Waals surface area contributed by atoms with Crippen molar-refractivity contribution in [2.45, 2.75) is 19.1 Å².